The van der Waals surface area contributed by atoms with E-state index in [-0.39, 0.29) is 0 Å². The van der Waals surface area contributed by atoms with E-state index in [1.165, 1.54) is 21.5 Å². The highest BCUT2D eigenvalue weighted by molar-refractivity contribution is 7.79. The SMILES string of the molecule is COc1cc(Cc2ccccc2P(c2ccccc2)c2ccccc2)cc(OC)c1OC. The molecule has 4 aromatic rings. The molecule has 0 radical (unpaired) electrons. The molecule has 0 amide bonds. The summed E-state index contributed by atoms with van der Waals surface area (Å²) >= 11 is 0. The summed E-state index contributed by atoms with van der Waals surface area (Å²) in [7, 11) is 4.25. The van der Waals surface area contributed by atoms with E-state index in [1.54, 1.807) is 21.3 Å². The molecule has 4 aromatic carbocycles. The van der Waals surface area contributed by atoms with Gasteiger partial charge in [-0.05, 0) is 53.5 Å². The molecule has 0 bridgehead atoms. The van der Waals surface area contributed by atoms with Gasteiger partial charge in [0.05, 0.1) is 21.3 Å². The number of methoxy groups -OCH3 is 3. The van der Waals surface area contributed by atoms with Crippen molar-refractivity contribution in [2.45, 2.75) is 6.42 Å². The predicted molar refractivity (Wildman–Crippen MR) is 134 cm³/mol. The van der Waals surface area contributed by atoms with Crippen molar-refractivity contribution >= 4 is 23.8 Å². The molecule has 32 heavy (non-hydrogen) atoms. The van der Waals surface area contributed by atoms with E-state index >= 15 is 0 Å². The van der Waals surface area contributed by atoms with Crippen LogP contribution in [0.3, 0.4) is 0 Å². The number of hydrogen-bond acceptors (Lipinski definition) is 3. The Hall–Kier alpha value is -3.29. The molecule has 0 aliphatic heterocycles. The van der Waals surface area contributed by atoms with Crippen molar-refractivity contribution in [3.05, 3.63) is 108 Å². The molecule has 0 aromatic heterocycles. The highest BCUT2D eigenvalue weighted by Gasteiger charge is 2.20. The molecule has 0 spiro atoms. The van der Waals surface area contributed by atoms with Crippen LogP contribution in [-0.4, -0.2) is 21.3 Å². The molecular formula is C28H27O3P. The van der Waals surface area contributed by atoms with E-state index < -0.39 is 7.92 Å². The first kappa shape index (κ1) is 21.9. The summed E-state index contributed by atoms with van der Waals surface area (Å²) in [5.41, 5.74) is 2.41. The lowest BCUT2D eigenvalue weighted by atomic mass is 10.0. The Kier molecular flexibility index (Phi) is 7.09. The van der Waals surface area contributed by atoms with Crippen LogP contribution in [0.2, 0.25) is 0 Å². The first-order valence-electron chi connectivity index (χ1n) is 10.5. The van der Waals surface area contributed by atoms with Crippen LogP contribution < -0.4 is 30.1 Å². The molecular weight excluding hydrogens is 415 g/mol. The van der Waals surface area contributed by atoms with Crippen LogP contribution >= 0.6 is 7.92 Å². The summed E-state index contributed by atoms with van der Waals surface area (Å²) in [6.07, 6.45) is 0.769. The van der Waals surface area contributed by atoms with Crippen molar-refractivity contribution < 1.29 is 14.2 Å². The largest absolute Gasteiger partial charge is 0.493 e. The Balaban J connectivity index is 1.80. The Morgan fingerprint density at radius 2 is 1.09 bits per heavy atom. The standard InChI is InChI=1S/C28H27O3P/c1-29-25-19-21(20-26(30-2)28(25)31-3)18-22-12-10-11-17-27(22)32(23-13-6-4-7-14-23)24-15-8-5-9-16-24/h4-17,19-20H,18H2,1-3H3. The van der Waals surface area contributed by atoms with Crippen LogP contribution in [0.15, 0.2) is 97.1 Å². The minimum absolute atomic E-state index is 0.614. The number of ether oxygens (including phenoxy) is 3. The van der Waals surface area contributed by atoms with Crippen LogP contribution in [0.25, 0.3) is 0 Å². The van der Waals surface area contributed by atoms with Crippen molar-refractivity contribution in [1.82, 2.24) is 0 Å². The number of hydrogen-bond donors (Lipinski definition) is 0. The van der Waals surface area contributed by atoms with Gasteiger partial charge >= 0.3 is 0 Å². The molecule has 0 aliphatic rings. The van der Waals surface area contributed by atoms with Gasteiger partial charge in [-0.2, -0.15) is 0 Å². The first-order chi connectivity index (χ1) is 15.7. The number of benzene rings is 4. The fourth-order valence-corrected chi connectivity index (χ4v) is 6.39. The lowest BCUT2D eigenvalue weighted by Crippen LogP contribution is -2.23. The normalized spacial score (nSPS) is 10.8. The predicted octanol–water partition coefficient (Wildman–Crippen LogP) is 5.06. The zero-order valence-corrected chi connectivity index (χ0v) is 19.5. The maximum atomic E-state index is 5.57. The van der Waals surface area contributed by atoms with E-state index in [1.807, 2.05) is 12.1 Å². The molecule has 0 N–H and O–H groups in total. The monoisotopic (exact) mass is 442 g/mol. The summed E-state index contributed by atoms with van der Waals surface area (Å²) in [4.78, 5) is 0. The van der Waals surface area contributed by atoms with Gasteiger partial charge in [-0.25, -0.2) is 0 Å². The Bertz CT molecular complexity index is 1100. The molecule has 4 rings (SSSR count). The fraction of sp³-hybridized carbons (Fsp3) is 0.143. The zero-order valence-electron chi connectivity index (χ0n) is 18.6. The Morgan fingerprint density at radius 1 is 0.594 bits per heavy atom. The maximum Gasteiger partial charge on any atom is 0.203 e. The maximum absolute atomic E-state index is 5.57. The second kappa shape index (κ2) is 10.3. The van der Waals surface area contributed by atoms with Crippen molar-refractivity contribution in [2.75, 3.05) is 21.3 Å². The molecule has 0 saturated heterocycles. The molecule has 0 aliphatic carbocycles. The number of rotatable bonds is 8. The van der Waals surface area contributed by atoms with Gasteiger partial charge in [-0.3, -0.25) is 0 Å². The van der Waals surface area contributed by atoms with Gasteiger partial charge < -0.3 is 14.2 Å². The van der Waals surface area contributed by atoms with Crippen molar-refractivity contribution in [2.24, 2.45) is 0 Å². The first-order valence-corrected chi connectivity index (χ1v) is 11.9. The minimum Gasteiger partial charge on any atom is -0.493 e. The quantitative estimate of drug-likeness (QED) is 0.357. The van der Waals surface area contributed by atoms with Crippen LogP contribution in [0, 0.1) is 0 Å². The van der Waals surface area contributed by atoms with Gasteiger partial charge in [0.2, 0.25) is 5.75 Å². The van der Waals surface area contributed by atoms with Crippen molar-refractivity contribution in [3.63, 3.8) is 0 Å². The molecule has 0 atom stereocenters. The molecule has 3 nitrogen and oxygen atoms in total. The molecule has 0 heterocycles. The van der Waals surface area contributed by atoms with Crippen LogP contribution in [0.1, 0.15) is 11.1 Å². The third-order valence-electron chi connectivity index (χ3n) is 5.38. The lowest BCUT2D eigenvalue weighted by molar-refractivity contribution is 0.324. The van der Waals surface area contributed by atoms with Gasteiger partial charge in [-0.15, -0.1) is 0 Å². The van der Waals surface area contributed by atoms with E-state index in [0.29, 0.717) is 17.2 Å². The summed E-state index contributed by atoms with van der Waals surface area (Å²) in [6.45, 7) is 0. The van der Waals surface area contributed by atoms with Gasteiger partial charge in [0, 0.05) is 0 Å². The highest BCUT2D eigenvalue weighted by Crippen LogP contribution is 2.39. The van der Waals surface area contributed by atoms with E-state index in [4.69, 9.17) is 14.2 Å². The zero-order chi connectivity index (χ0) is 22.3. The van der Waals surface area contributed by atoms with Crippen LogP contribution in [-0.2, 0) is 6.42 Å². The van der Waals surface area contributed by atoms with Crippen LogP contribution in [0.5, 0.6) is 17.2 Å². The lowest BCUT2D eigenvalue weighted by Gasteiger charge is -2.22. The Labute approximate surface area is 191 Å². The highest BCUT2D eigenvalue weighted by atomic mass is 31.1. The van der Waals surface area contributed by atoms with Gasteiger partial charge in [0.1, 0.15) is 0 Å². The smallest absolute Gasteiger partial charge is 0.203 e. The molecule has 0 fully saturated rings. The third-order valence-corrected chi connectivity index (χ3v) is 7.93. The molecule has 0 unspecified atom stereocenters. The van der Waals surface area contributed by atoms with E-state index in [2.05, 4.69) is 84.9 Å². The summed E-state index contributed by atoms with van der Waals surface area (Å²) < 4.78 is 16.6. The fourth-order valence-electron chi connectivity index (χ4n) is 3.92. The second-order valence-corrected chi connectivity index (χ2v) is 9.53. The van der Waals surface area contributed by atoms with Gasteiger partial charge in [-0.1, -0.05) is 84.9 Å². The molecule has 0 saturated carbocycles. The van der Waals surface area contributed by atoms with Crippen molar-refractivity contribution in [3.8, 4) is 17.2 Å². The Morgan fingerprint density at radius 3 is 1.59 bits per heavy atom. The average Bonchev–Trinajstić information content (AvgIpc) is 2.86. The van der Waals surface area contributed by atoms with Crippen molar-refractivity contribution in [1.29, 1.82) is 0 Å². The summed E-state index contributed by atoms with van der Waals surface area (Å²) in [6, 6.07) is 34.3. The van der Waals surface area contributed by atoms with E-state index in [9.17, 15) is 0 Å². The molecule has 4 heteroatoms. The minimum atomic E-state index is -0.682. The summed E-state index contributed by atoms with van der Waals surface area (Å²) in [5.74, 6) is 1.96. The average molecular weight is 442 g/mol. The van der Waals surface area contributed by atoms with E-state index in [0.717, 1.165) is 12.0 Å². The van der Waals surface area contributed by atoms with Gasteiger partial charge in [0.25, 0.3) is 0 Å². The third kappa shape index (κ3) is 4.64. The topological polar surface area (TPSA) is 27.7 Å². The van der Waals surface area contributed by atoms with Crippen LogP contribution in [0.4, 0.5) is 0 Å². The second-order valence-electron chi connectivity index (χ2n) is 7.35. The molecule has 162 valence electrons. The summed E-state index contributed by atoms with van der Waals surface area (Å²) in [5, 5.41) is 4.03. The van der Waals surface area contributed by atoms with Gasteiger partial charge in [0.15, 0.2) is 11.5 Å².